The number of nitrogens with one attached hydrogen (secondary N) is 1. The number of amides is 1. The molecule has 0 bridgehead atoms. The molecule has 114 valence electrons. The molecule has 1 N–H and O–H groups in total. The van der Waals surface area contributed by atoms with Crippen LogP contribution in [0.5, 0.6) is 0 Å². The van der Waals surface area contributed by atoms with Crippen LogP contribution in [0.2, 0.25) is 0 Å². The topological polar surface area (TPSA) is 87.1 Å². The van der Waals surface area contributed by atoms with Crippen LogP contribution in [-0.2, 0) is 11.3 Å². The molecule has 0 spiro atoms. The van der Waals surface area contributed by atoms with Gasteiger partial charge in [0.1, 0.15) is 11.8 Å². The van der Waals surface area contributed by atoms with Crippen LogP contribution in [0.15, 0.2) is 28.8 Å². The van der Waals surface area contributed by atoms with Gasteiger partial charge in [-0.15, -0.1) is 0 Å². The van der Waals surface area contributed by atoms with Crippen molar-refractivity contribution < 1.29 is 9.21 Å². The van der Waals surface area contributed by atoms with Gasteiger partial charge in [0.05, 0.1) is 12.6 Å². The van der Waals surface area contributed by atoms with E-state index in [0.717, 1.165) is 25.3 Å². The summed E-state index contributed by atoms with van der Waals surface area (Å²) in [6.45, 7) is 3.97. The van der Waals surface area contributed by atoms with Crippen molar-refractivity contribution in [1.29, 1.82) is 5.26 Å². The molecule has 1 saturated heterocycles. The minimum Gasteiger partial charge on any atom is -0.449 e. The van der Waals surface area contributed by atoms with Crippen LogP contribution < -0.4 is 5.32 Å². The molecule has 1 aliphatic rings. The quantitative estimate of drug-likeness (QED) is 0.929. The minimum absolute atomic E-state index is 0.121. The molecule has 0 aliphatic carbocycles. The van der Waals surface area contributed by atoms with E-state index in [-0.39, 0.29) is 11.9 Å². The highest BCUT2D eigenvalue weighted by molar-refractivity contribution is 5.87. The smallest absolute Gasteiger partial charge is 0.222 e. The Morgan fingerprint density at radius 2 is 2.41 bits per heavy atom. The van der Waals surface area contributed by atoms with Crippen LogP contribution in [0, 0.1) is 11.3 Å². The Hall–Kier alpha value is -2.59. The molecule has 7 heteroatoms. The molecule has 2 aromatic rings. The van der Waals surface area contributed by atoms with E-state index in [0.29, 0.717) is 18.1 Å². The van der Waals surface area contributed by atoms with Gasteiger partial charge in [-0.2, -0.15) is 10.4 Å². The second kappa shape index (κ2) is 6.03. The zero-order valence-corrected chi connectivity index (χ0v) is 12.3. The number of rotatable bonds is 4. The van der Waals surface area contributed by atoms with Crippen molar-refractivity contribution in [2.24, 2.45) is 0 Å². The van der Waals surface area contributed by atoms with Gasteiger partial charge in [0.15, 0.2) is 5.82 Å². The number of carbonyl (C=O) groups excluding carboxylic acids is 1. The number of furan rings is 1. The van der Waals surface area contributed by atoms with Gasteiger partial charge < -0.3 is 9.73 Å². The lowest BCUT2D eigenvalue weighted by atomic mass is 10.3. The molecule has 0 radical (unpaired) electrons. The van der Waals surface area contributed by atoms with Gasteiger partial charge in [0.2, 0.25) is 11.7 Å². The summed E-state index contributed by atoms with van der Waals surface area (Å²) in [7, 11) is 0. The Kier molecular flexibility index (Phi) is 3.94. The number of hydrogen-bond acceptors (Lipinski definition) is 5. The summed E-state index contributed by atoms with van der Waals surface area (Å²) in [4.78, 5) is 13.3. The van der Waals surface area contributed by atoms with Crippen molar-refractivity contribution in [2.45, 2.75) is 25.9 Å². The predicted molar refractivity (Wildman–Crippen MR) is 78.9 cm³/mol. The van der Waals surface area contributed by atoms with E-state index in [4.69, 9.17) is 9.68 Å². The molecular weight excluding hydrogens is 282 g/mol. The number of anilines is 1. The Labute approximate surface area is 128 Å². The molecule has 2 aromatic heterocycles. The lowest BCUT2D eigenvalue weighted by Crippen LogP contribution is -2.21. The van der Waals surface area contributed by atoms with Crippen molar-refractivity contribution >= 4 is 11.7 Å². The number of aromatic nitrogens is 2. The van der Waals surface area contributed by atoms with Crippen LogP contribution in [0.25, 0.3) is 0 Å². The van der Waals surface area contributed by atoms with E-state index in [2.05, 4.69) is 15.3 Å². The van der Waals surface area contributed by atoms with E-state index in [1.165, 1.54) is 6.92 Å². The molecule has 1 atom stereocenters. The first-order valence-corrected chi connectivity index (χ1v) is 7.18. The van der Waals surface area contributed by atoms with Crippen LogP contribution in [-0.4, -0.2) is 33.7 Å². The van der Waals surface area contributed by atoms with E-state index >= 15 is 0 Å². The molecule has 3 heterocycles. The number of nitrogens with zero attached hydrogens (tertiary/aromatic N) is 4. The number of hydrogen-bond donors (Lipinski definition) is 1. The summed E-state index contributed by atoms with van der Waals surface area (Å²) >= 11 is 0. The first kappa shape index (κ1) is 14.4. The molecule has 1 fully saturated rings. The van der Waals surface area contributed by atoms with Gasteiger partial charge in [-0.25, -0.2) is 0 Å². The van der Waals surface area contributed by atoms with Crippen LogP contribution in [0.1, 0.15) is 30.9 Å². The minimum atomic E-state index is -0.121. The molecule has 0 unspecified atom stereocenters. The Morgan fingerprint density at radius 3 is 3.14 bits per heavy atom. The second-order valence-corrected chi connectivity index (χ2v) is 5.42. The Balaban J connectivity index is 1.58. The maximum atomic E-state index is 11.0. The lowest BCUT2D eigenvalue weighted by Gasteiger charge is -2.14. The molecule has 22 heavy (non-hydrogen) atoms. The highest BCUT2D eigenvalue weighted by Crippen LogP contribution is 2.23. The average molecular weight is 299 g/mol. The Bertz CT molecular complexity index is 712. The summed E-state index contributed by atoms with van der Waals surface area (Å²) in [6.07, 6.45) is 2.88. The van der Waals surface area contributed by atoms with Crippen molar-refractivity contribution in [2.75, 3.05) is 18.4 Å². The molecular formula is C15H17N5O2. The maximum absolute atomic E-state index is 11.0. The maximum Gasteiger partial charge on any atom is 0.222 e. The van der Waals surface area contributed by atoms with E-state index in [9.17, 15) is 4.79 Å². The first-order valence-electron chi connectivity index (χ1n) is 7.18. The van der Waals surface area contributed by atoms with Gasteiger partial charge in [-0.1, -0.05) is 0 Å². The zero-order chi connectivity index (χ0) is 15.5. The fourth-order valence-electron chi connectivity index (χ4n) is 2.70. The SMILES string of the molecule is CC(=O)Nc1ccn([C@H]2CCN(Cc3ccc(C#N)o3)C2)n1. The second-order valence-electron chi connectivity index (χ2n) is 5.42. The van der Waals surface area contributed by atoms with Gasteiger partial charge >= 0.3 is 0 Å². The Morgan fingerprint density at radius 1 is 1.55 bits per heavy atom. The van der Waals surface area contributed by atoms with Crippen molar-refractivity contribution in [3.8, 4) is 6.07 Å². The third kappa shape index (κ3) is 3.18. The number of likely N-dealkylation sites (tertiary alicyclic amines) is 1. The molecule has 1 amide bonds. The van der Waals surface area contributed by atoms with E-state index < -0.39 is 0 Å². The molecule has 3 rings (SSSR count). The summed E-state index contributed by atoms with van der Waals surface area (Å²) in [5.41, 5.74) is 0. The van der Waals surface area contributed by atoms with Gasteiger partial charge in [0, 0.05) is 32.3 Å². The first-order chi connectivity index (χ1) is 10.6. The summed E-state index contributed by atoms with van der Waals surface area (Å²) in [5, 5.41) is 15.8. The lowest BCUT2D eigenvalue weighted by molar-refractivity contribution is -0.114. The van der Waals surface area contributed by atoms with Gasteiger partial charge in [-0.3, -0.25) is 14.4 Å². The highest BCUT2D eigenvalue weighted by Gasteiger charge is 2.25. The predicted octanol–water partition coefficient (Wildman–Crippen LogP) is 1.75. The number of carbonyl (C=O) groups is 1. The van der Waals surface area contributed by atoms with Gasteiger partial charge in [0.25, 0.3) is 0 Å². The van der Waals surface area contributed by atoms with Crippen LogP contribution >= 0.6 is 0 Å². The highest BCUT2D eigenvalue weighted by atomic mass is 16.3. The van der Waals surface area contributed by atoms with Crippen molar-refractivity contribution in [3.05, 3.63) is 35.9 Å². The van der Waals surface area contributed by atoms with Gasteiger partial charge in [-0.05, 0) is 18.6 Å². The monoisotopic (exact) mass is 299 g/mol. The average Bonchev–Trinajstić information content (AvgIpc) is 3.18. The third-order valence-electron chi connectivity index (χ3n) is 3.69. The third-order valence-corrected chi connectivity index (χ3v) is 3.69. The number of nitriles is 1. The van der Waals surface area contributed by atoms with Crippen LogP contribution in [0.4, 0.5) is 5.82 Å². The standard InChI is InChI=1S/C15H17N5O2/c1-11(21)17-15-5-7-20(18-15)12-4-6-19(9-12)10-14-3-2-13(8-16)22-14/h2-3,5,7,12H,4,6,9-10H2,1H3,(H,17,18,21)/t12-/m0/s1. The molecule has 1 aliphatic heterocycles. The van der Waals surface area contributed by atoms with E-state index in [1.807, 2.05) is 23.0 Å². The normalized spacial score (nSPS) is 18.3. The fraction of sp³-hybridized carbons (Fsp3) is 0.400. The molecule has 0 saturated carbocycles. The molecule has 0 aromatic carbocycles. The summed E-state index contributed by atoms with van der Waals surface area (Å²) < 4.78 is 7.31. The van der Waals surface area contributed by atoms with Crippen molar-refractivity contribution in [3.63, 3.8) is 0 Å². The largest absolute Gasteiger partial charge is 0.449 e. The zero-order valence-electron chi connectivity index (χ0n) is 12.3. The van der Waals surface area contributed by atoms with Crippen LogP contribution in [0.3, 0.4) is 0 Å². The fourth-order valence-corrected chi connectivity index (χ4v) is 2.70. The van der Waals surface area contributed by atoms with Crippen molar-refractivity contribution in [1.82, 2.24) is 14.7 Å². The molecule has 7 nitrogen and oxygen atoms in total. The summed E-state index contributed by atoms with van der Waals surface area (Å²) in [5.74, 6) is 1.61. The van der Waals surface area contributed by atoms with E-state index in [1.54, 1.807) is 12.1 Å². The summed E-state index contributed by atoms with van der Waals surface area (Å²) in [6, 6.07) is 7.61.